The summed E-state index contributed by atoms with van der Waals surface area (Å²) in [5, 5.41) is 6.26. The summed E-state index contributed by atoms with van der Waals surface area (Å²) in [6, 6.07) is 12.4. The molecular weight excluding hydrogens is 298 g/mol. The van der Waals surface area contributed by atoms with Gasteiger partial charge in [0.15, 0.2) is 5.76 Å². The first kappa shape index (κ1) is 16.6. The van der Waals surface area contributed by atoms with Crippen molar-refractivity contribution >= 4 is 27.6 Å². The average Bonchev–Trinajstić information content (AvgIpc) is 2.92. The van der Waals surface area contributed by atoms with E-state index in [1.165, 1.54) is 12.8 Å². The van der Waals surface area contributed by atoms with Gasteiger partial charge in [0.25, 0.3) is 5.91 Å². The molecule has 0 spiro atoms. The quantitative estimate of drug-likeness (QED) is 0.601. The monoisotopic (exact) mass is 323 g/mol. The Hall–Kier alpha value is -2.29. The van der Waals surface area contributed by atoms with Crippen LogP contribution in [0.3, 0.4) is 0 Å². The third-order valence-corrected chi connectivity index (χ3v) is 4.65. The molecule has 0 aliphatic heterocycles. The molecule has 0 aliphatic rings. The summed E-state index contributed by atoms with van der Waals surface area (Å²) in [6.45, 7) is 6.20. The van der Waals surface area contributed by atoms with Gasteiger partial charge in [-0.1, -0.05) is 62.6 Å². The molecule has 126 valence electrons. The second-order valence-electron chi connectivity index (χ2n) is 6.59. The van der Waals surface area contributed by atoms with Crippen LogP contribution in [0.1, 0.15) is 55.6 Å². The van der Waals surface area contributed by atoms with Gasteiger partial charge in [0.2, 0.25) is 0 Å². The third-order valence-electron chi connectivity index (χ3n) is 4.65. The minimum Gasteiger partial charge on any atom is -0.450 e. The van der Waals surface area contributed by atoms with Gasteiger partial charge in [-0.3, -0.25) is 4.79 Å². The van der Waals surface area contributed by atoms with Crippen molar-refractivity contribution in [2.75, 3.05) is 0 Å². The molecule has 1 atom stereocenters. The predicted molar refractivity (Wildman–Crippen MR) is 99.5 cm³/mol. The first-order valence-electron chi connectivity index (χ1n) is 8.83. The van der Waals surface area contributed by atoms with Crippen molar-refractivity contribution in [1.29, 1.82) is 0 Å². The van der Waals surface area contributed by atoms with E-state index in [-0.39, 0.29) is 11.9 Å². The van der Waals surface area contributed by atoms with Crippen molar-refractivity contribution in [2.45, 2.75) is 52.5 Å². The van der Waals surface area contributed by atoms with E-state index in [9.17, 15) is 4.79 Å². The zero-order valence-electron chi connectivity index (χ0n) is 14.7. The molecule has 3 nitrogen and oxygen atoms in total. The van der Waals surface area contributed by atoms with Crippen molar-refractivity contribution in [2.24, 2.45) is 0 Å². The van der Waals surface area contributed by atoms with Crippen molar-refractivity contribution in [3.8, 4) is 0 Å². The Labute approximate surface area is 143 Å². The zero-order chi connectivity index (χ0) is 17.1. The van der Waals surface area contributed by atoms with Gasteiger partial charge in [0.1, 0.15) is 5.58 Å². The molecule has 1 heterocycles. The van der Waals surface area contributed by atoms with Crippen molar-refractivity contribution in [3.63, 3.8) is 0 Å². The highest BCUT2D eigenvalue weighted by molar-refractivity contribution is 6.08. The van der Waals surface area contributed by atoms with Crippen LogP contribution in [-0.2, 0) is 0 Å². The topological polar surface area (TPSA) is 42.2 Å². The molecule has 24 heavy (non-hydrogen) atoms. The van der Waals surface area contributed by atoms with Crippen LogP contribution in [0, 0.1) is 6.92 Å². The van der Waals surface area contributed by atoms with Crippen molar-refractivity contribution < 1.29 is 9.21 Å². The highest BCUT2D eigenvalue weighted by Gasteiger charge is 2.20. The van der Waals surface area contributed by atoms with E-state index in [0.717, 1.165) is 40.1 Å². The zero-order valence-corrected chi connectivity index (χ0v) is 14.7. The van der Waals surface area contributed by atoms with Crippen LogP contribution >= 0.6 is 0 Å². The maximum atomic E-state index is 12.6. The van der Waals surface area contributed by atoms with Crippen LogP contribution in [0.4, 0.5) is 0 Å². The summed E-state index contributed by atoms with van der Waals surface area (Å²) >= 11 is 0. The van der Waals surface area contributed by atoms with Gasteiger partial charge in [-0.25, -0.2) is 0 Å². The molecule has 3 rings (SSSR count). The molecule has 0 saturated carbocycles. The maximum absolute atomic E-state index is 12.6. The van der Waals surface area contributed by atoms with Crippen molar-refractivity contribution in [1.82, 2.24) is 5.32 Å². The van der Waals surface area contributed by atoms with Gasteiger partial charge in [0.05, 0.1) is 0 Å². The number of rotatable bonds is 6. The highest BCUT2D eigenvalue weighted by Crippen LogP contribution is 2.31. The third kappa shape index (κ3) is 3.16. The Kier molecular flexibility index (Phi) is 4.89. The number of hydrogen-bond acceptors (Lipinski definition) is 2. The number of nitrogens with one attached hydrogen (secondary N) is 1. The molecule has 1 aromatic heterocycles. The van der Waals surface area contributed by atoms with E-state index < -0.39 is 0 Å². The molecule has 0 saturated heterocycles. The normalized spacial score (nSPS) is 12.6. The molecule has 1 N–H and O–H groups in total. The molecule has 0 unspecified atom stereocenters. The fourth-order valence-corrected chi connectivity index (χ4v) is 3.23. The molecule has 2 aromatic carbocycles. The number of unbranched alkanes of at least 4 members (excludes halogenated alkanes) is 2. The van der Waals surface area contributed by atoms with Gasteiger partial charge in [0, 0.05) is 22.4 Å². The molecule has 3 aromatic rings. The van der Waals surface area contributed by atoms with Crippen LogP contribution in [0.5, 0.6) is 0 Å². The molecule has 0 aliphatic carbocycles. The number of benzene rings is 2. The molecule has 3 heteroatoms. The number of hydrogen-bond donors (Lipinski definition) is 1. The fraction of sp³-hybridized carbons (Fsp3) is 0.381. The van der Waals surface area contributed by atoms with Crippen LogP contribution in [0.25, 0.3) is 21.7 Å². The lowest BCUT2D eigenvalue weighted by Crippen LogP contribution is -2.32. The van der Waals surface area contributed by atoms with Crippen LogP contribution in [0.2, 0.25) is 0 Å². The number of carbonyl (C=O) groups is 1. The number of carbonyl (C=O) groups excluding carboxylic acids is 1. The van der Waals surface area contributed by atoms with E-state index in [1.807, 2.05) is 31.2 Å². The highest BCUT2D eigenvalue weighted by atomic mass is 16.3. The van der Waals surface area contributed by atoms with Crippen LogP contribution in [-0.4, -0.2) is 11.9 Å². The average molecular weight is 323 g/mol. The SMILES string of the molecule is CCCCC[C@H](C)NC(=O)c1oc2c(ccc3ccccc32)c1C. The van der Waals surface area contributed by atoms with E-state index in [1.54, 1.807) is 0 Å². The molecular formula is C21H25NO2. The number of furan rings is 1. The summed E-state index contributed by atoms with van der Waals surface area (Å²) in [4.78, 5) is 12.6. The summed E-state index contributed by atoms with van der Waals surface area (Å²) in [7, 11) is 0. The van der Waals surface area contributed by atoms with E-state index >= 15 is 0 Å². The fourth-order valence-electron chi connectivity index (χ4n) is 3.23. The Balaban J connectivity index is 1.88. The minimum absolute atomic E-state index is 0.114. The second kappa shape index (κ2) is 7.08. The lowest BCUT2D eigenvalue weighted by atomic mass is 10.1. The number of aryl methyl sites for hydroxylation is 1. The van der Waals surface area contributed by atoms with Gasteiger partial charge >= 0.3 is 0 Å². The lowest BCUT2D eigenvalue weighted by molar-refractivity contribution is 0.0911. The largest absolute Gasteiger partial charge is 0.450 e. The minimum atomic E-state index is -0.114. The molecule has 1 amide bonds. The molecule has 0 bridgehead atoms. The first-order valence-corrected chi connectivity index (χ1v) is 8.83. The predicted octanol–water partition coefficient (Wildman–Crippen LogP) is 5.59. The Morgan fingerprint density at radius 3 is 2.71 bits per heavy atom. The Morgan fingerprint density at radius 1 is 1.12 bits per heavy atom. The summed E-state index contributed by atoms with van der Waals surface area (Å²) in [6.07, 6.45) is 4.54. The number of amides is 1. The van der Waals surface area contributed by atoms with Gasteiger partial charge in [-0.05, 0) is 25.7 Å². The van der Waals surface area contributed by atoms with E-state index in [0.29, 0.717) is 5.76 Å². The summed E-state index contributed by atoms with van der Waals surface area (Å²) in [5.41, 5.74) is 1.71. The van der Waals surface area contributed by atoms with Gasteiger partial charge in [-0.15, -0.1) is 0 Å². The van der Waals surface area contributed by atoms with Crippen LogP contribution in [0.15, 0.2) is 40.8 Å². The second-order valence-corrected chi connectivity index (χ2v) is 6.59. The molecule has 0 fully saturated rings. The van der Waals surface area contributed by atoms with Crippen molar-refractivity contribution in [3.05, 3.63) is 47.7 Å². The van der Waals surface area contributed by atoms with Gasteiger partial charge in [-0.2, -0.15) is 0 Å². The van der Waals surface area contributed by atoms with E-state index in [4.69, 9.17) is 4.42 Å². The maximum Gasteiger partial charge on any atom is 0.287 e. The lowest BCUT2D eigenvalue weighted by Gasteiger charge is -2.12. The smallest absolute Gasteiger partial charge is 0.287 e. The van der Waals surface area contributed by atoms with Gasteiger partial charge < -0.3 is 9.73 Å². The van der Waals surface area contributed by atoms with Crippen LogP contribution < -0.4 is 5.32 Å². The summed E-state index contributed by atoms with van der Waals surface area (Å²) < 4.78 is 5.99. The summed E-state index contributed by atoms with van der Waals surface area (Å²) in [5.74, 6) is 0.320. The first-order chi connectivity index (χ1) is 11.6. The number of fused-ring (bicyclic) bond motifs is 3. The Morgan fingerprint density at radius 2 is 1.92 bits per heavy atom. The van der Waals surface area contributed by atoms with E-state index in [2.05, 4.69) is 31.3 Å². The molecule has 0 radical (unpaired) electrons. The Bertz CT molecular complexity index is 863. The standard InChI is InChI=1S/C21H25NO2/c1-4-5-6-9-14(2)22-21(23)19-15(3)17-13-12-16-10-7-8-11-18(16)20(17)24-19/h7-8,10-14H,4-6,9H2,1-3H3,(H,22,23)/t14-/m0/s1.